The number of allylic oxidation sites excluding steroid dienone is 2. The van der Waals surface area contributed by atoms with Gasteiger partial charge in [0.05, 0.1) is 25.0 Å². The Morgan fingerprint density at radius 3 is 2.19 bits per heavy atom. The highest BCUT2D eigenvalue weighted by Crippen LogP contribution is 2.24. The molecule has 0 unspecified atom stereocenters. The fourth-order valence-corrected chi connectivity index (χ4v) is 5.00. The Balaban J connectivity index is 1.54. The fraction of sp³-hybridized carbons (Fsp3) is 0.324. The van der Waals surface area contributed by atoms with E-state index in [9.17, 15) is 23.9 Å². The van der Waals surface area contributed by atoms with Gasteiger partial charge in [0, 0.05) is 19.5 Å². The number of nitrogens with one attached hydrogen (secondary N) is 1. The molecule has 0 saturated carbocycles. The minimum Gasteiger partial charge on any atom is -0.455 e. The molecule has 7 nitrogen and oxygen atoms in total. The minimum absolute atomic E-state index is 0.0300. The summed E-state index contributed by atoms with van der Waals surface area (Å²) in [6.45, 7) is 0.363. The molecule has 0 bridgehead atoms. The predicted molar refractivity (Wildman–Crippen MR) is 157 cm³/mol. The number of benzene rings is 3. The Labute approximate surface area is 246 Å². The molecule has 3 aromatic carbocycles. The number of hydrogen-bond donors (Lipinski definition) is 2. The van der Waals surface area contributed by atoms with Crippen LogP contribution in [0.1, 0.15) is 42.1 Å². The second-order valence-corrected chi connectivity index (χ2v) is 10.5. The lowest BCUT2D eigenvalue weighted by Crippen LogP contribution is -2.40. The summed E-state index contributed by atoms with van der Waals surface area (Å²) in [7, 11) is 0. The van der Waals surface area contributed by atoms with Crippen LogP contribution >= 0.6 is 0 Å². The first-order valence-corrected chi connectivity index (χ1v) is 14.3. The smallest absolute Gasteiger partial charge is 0.310 e. The Morgan fingerprint density at radius 2 is 1.52 bits per heavy atom. The molecule has 1 heterocycles. The molecule has 42 heavy (non-hydrogen) atoms. The SMILES string of the molecule is O=C1NC[C@@H](c2ccccc2)OC(=O)[C@@H](Cc2ccc(F)cc2)C/C=C\C[C@@H]1CC(=O)N(CCO)Cc1ccccc1. The van der Waals surface area contributed by atoms with E-state index in [1.54, 1.807) is 17.0 Å². The fourth-order valence-electron chi connectivity index (χ4n) is 5.00. The zero-order valence-corrected chi connectivity index (χ0v) is 23.5. The third-order valence-electron chi connectivity index (χ3n) is 7.36. The molecule has 0 fully saturated rings. The van der Waals surface area contributed by atoms with Crippen LogP contribution in [0.4, 0.5) is 4.39 Å². The van der Waals surface area contributed by atoms with Gasteiger partial charge in [-0.25, -0.2) is 4.39 Å². The van der Waals surface area contributed by atoms with E-state index in [2.05, 4.69) is 5.32 Å². The van der Waals surface area contributed by atoms with Gasteiger partial charge in [-0.05, 0) is 48.1 Å². The van der Waals surface area contributed by atoms with E-state index < -0.39 is 23.9 Å². The van der Waals surface area contributed by atoms with Gasteiger partial charge in [-0.1, -0.05) is 84.9 Å². The van der Waals surface area contributed by atoms with Crippen LogP contribution in [-0.2, 0) is 32.1 Å². The molecule has 220 valence electrons. The zero-order valence-electron chi connectivity index (χ0n) is 23.5. The van der Waals surface area contributed by atoms with Crippen molar-refractivity contribution in [3.05, 3.63) is 120 Å². The maximum Gasteiger partial charge on any atom is 0.310 e. The van der Waals surface area contributed by atoms with Gasteiger partial charge >= 0.3 is 5.97 Å². The van der Waals surface area contributed by atoms with Crippen molar-refractivity contribution in [3.63, 3.8) is 0 Å². The average molecular weight is 573 g/mol. The number of amides is 2. The molecule has 3 aromatic rings. The van der Waals surface area contributed by atoms with Gasteiger partial charge in [0.2, 0.25) is 11.8 Å². The van der Waals surface area contributed by atoms with Crippen molar-refractivity contribution in [1.29, 1.82) is 0 Å². The van der Waals surface area contributed by atoms with Crippen LogP contribution in [-0.4, -0.2) is 47.5 Å². The van der Waals surface area contributed by atoms with Crippen molar-refractivity contribution in [2.45, 2.75) is 38.3 Å². The zero-order chi connectivity index (χ0) is 29.7. The van der Waals surface area contributed by atoms with Crippen molar-refractivity contribution in [2.24, 2.45) is 11.8 Å². The Kier molecular flexibility index (Phi) is 11.4. The van der Waals surface area contributed by atoms with E-state index in [0.29, 0.717) is 25.8 Å². The van der Waals surface area contributed by atoms with Crippen molar-refractivity contribution in [2.75, 3.05) is 19.7 Å². The number of carbonyl (C=O) groups excluding carboxylic acids is 3. The number of aliphatic hydroxyl groups is 1. The first kappa shape index (κ1) is 30.7. The lowest BCUT2D eigenvalue weighted by Gasteiger charge is -2.26. The Hall–Kier alpha value is -4.30. The van der Waals surface area contributed by atoms with Gasteiger partial charge in [0.15, 0.2) is 0 Å². The molecular weight excluding hydrogens is 535 g/mol. The van der Waals surface area contributed by atoms with E-state index in [1.807, 2.05) is 72.8 Å². The van der Waals surface area contributed by atoms with E-state index >= 15 is 0 Å². The molecule has 3 atom stereocenters. The normalized spacial score (nSPS) is 20.4. The molecule has 4 rings (SSSR count). The summed E-state index contributed by atoms with van der Waals surface area (Å²) >= 11 is 0. The number of nitrogens with zero attached hydrogens (tertiary/aromatic N) is 1. The summed E-state index contributed by atoms with van der Waals surface area (Å²) in [5, 5.41) is 12.5. The predicted octanol–water partition coefficient (Wildman–Crippen LogP) is 4.76. The molecule has 0 radical (unpaired) electrons. The molecule has 2 amide bonds. The lowest BCUT2D eigenvalue weighted by molar-refractivity contribution is -0.155. The van der Waals surface area contributed by atoms with Crippen LogP contribution in [0, 0.1) is 17.7 Å². The minimum atomic E-state index is -0.720. The van der Waals surface area contributed by atoms with Crippen molar-refractivity contribution >= 4 is 17.8 Å². The summed E-state index contributed by atoms with van der Waals surface area (Å²) in [5.41, 5.74) is 2.49. The molecule has 0 aromatic heterocycles. The summed E-state index contributed by atoms with van der Waals surface area (Å²) in [6, 6.07) is 24.8. The van der Waals surface area contributed by atoms with E-state index in [1.165, 1.54) is 12.1 Å². The molecule has 0 saturated heterocycles. The third-order valence-corrected chi connectivity index (χ3v) is 7.36. The van der Waals surface area contributed by atoms with Gasteiger partial charge in [-0.2, -0.15) is 0 Å². The number of esters is 1. The van der Waals surface area contributed by atoms with Crippen molar-refractivity contribution in [3.8, 4) is 0 Å². The highest BCUT2D eigenvalue weighted by molar-refractivity contribution is 5.86. The van der Waals surface area contributed by atoms with Gasteiger partial charge in [0.1, 0.15) is 11.9 Å². The third kappa shape index (κ3) is 9.11. The first-order valence-electron chi connectivity index (χ1n) is 14.3. The number of cyclic esters (lactones) is 1. The number of aliphatic hydroxyl groups excluding tert-OH is 1. The lowest BCUT2D eigenvalue weighted by atomic mass is 9.94. The van der Waals surface area contributed by atoms with Crippen LogP contribution in [0.5, 0.6) is 0 Å². The molecule has 8 heteroatoms. The second kappa shape index (κ2) is 15.6. The first-order chi connectivity index (χ1) is 20.4. The second-order valence-electron chi connectivity index (χ2n) is 10.5. The summed E-state index contributed by atoms with van der Waals surface area (Å²) in [5.74, 6) is -2.45. The van der Waals surface area contributed by atoms with Crippen LogP contribution in [0.2, 0.25) is 0 Å². The number of rotatable bonds is 9. The summed E-state index contributed by atoms with van der Waals surface area (Å²) < 4.78 is 19.4. The summed E-state index contributed by atoms with van der Waals surface area (Å²) in [4.78, 5) is 41.6. The number of carbonyl (C=O) groups is 3. The quantitative estimate of drug-likeness (QED) is 0.285. The monoisotopic (exact) mass is 572 g/mol. The number of halogens is 1. The molecule has 0 aliphatic carbocycles. The average Bonchev–Trinajstić information content (AvgIpc) is 3.01. The van der Waals surface area contributed by atoms with Crippen molar-refractivity contribution < 1.29 is 28.6 Å². The van der Waals surface area contributed by atoms with E-state index in [4.69, 9.17) is 4.74 Å². The number of ether oxygens (including phenoxy) is 1. The molecular formula is C34H37FN2O5. The van der Waals surface area contributed by atoms with Gasteiger partial charge < -0.3 is 20.1 Å². The molecule has 2 N–H and O–H groups in total. The van der Waals surface area contributed by atoms with Crippen LogP contribution in [0.25, 0.3) is 0 Å². The van der Waals surface area contributed by atoms with Crippen LogP contribution in [0.3, 0.4) is 0 Å². The standard InChI is InChI=1S/C34H37FN2O5/c35-30-17-15-25(16-18-30)21-29-14-8-7-13-28(22-32(39)37(19-20-38)24-26-9-3-1-4-10-26)33(40)36-23-31(42-34(29)41)27-11-5-2-6-12-27/h1-12,15-18,28-29,31,38H,13-14,19-24H2,(H,36,40)/b8-7-/t28-,29-,31+/m1/s1. The molecule has 1 aliphatic heterocycles. The Morgan fingerprint density at radius 1 is 0.881 bits per heavy atom. The largest absolute Gasteiger partial charge is 0.455 e. The highest BCUT2D eigenvalue weighted by atomic mass is 19.1. The number of hydrogen-bond acceptors (Lipinski definition) is 5. The molecule has 1 aliphatic rings. The Bertz CT molecular complexity index is 1330. The van der Waals surface area contributed by atoms with E-state index in [0.717, 1.165) is 16.7 Å². The van der Waals surface area contributed by atoms with E-state index in [-0.39, 0.29) is 43.7 Å². The van der Waals surface area contributed by atoms with Crippen molar-refractivity contribution in [1.82, 2.24) is 10.2 Å². The molecule has 0 spiro atoms. The van der Waals surface area contributed by atoms with Crippen LogP contribution in [0.15, 0.2) is 97.1 Å². The maximum absolute atomic E-state index is 13.5. The summed E-state index contributed by atoms with van der Waals surface area (Å²) in [6.07, 6.45) is 3.96. The van der Waals surface area contributed by atoms with Gasteiger partial charge in [-0.15, -0.1) is 0 Å². The highest BCUT2D eigenvalue weighted by Gasteiger charge is 2.28. The maximum atomic E-state index is 13.5. The van der Waals surface area contributed by atoms with Gasteiger partial charge in [0.25, 0.3) is 0 Å². The van der Waals surface area contributed by atoms with Gasteiger partial charge in [-0.3, -0.25) is 14.4 Å². The topological polar surface area (TPSA) is 95.9 Å². The van der Waals surface area contributed by atoms with Crippen LogP contribution < -0.4 is 5.32 Å².